The van der Waals surface area contributed by atoms with E-state index in [1.54, 1.807) is 50.4 Å². The van der Waals surface area contributed by atoms with Crippen LogP contribution in [-0.2, 0) is 9.73 Å². The predicted molar refractivity (Wildman–Crippen MR) is 101 cm³/mol. The second-order valence-corrected chi connectivity index (χ2v) is 9.13. The lowest BCUT2D eigenvalue weighted by atomic mass is 10.1. The number of benzene rings is 2. The van der Waals surface area contributed by atoms with E-state index in [0.29, 0.717) is 40.0 Å². The molecule has 0 heterocycles. The second kappa shape index (κ2) is 7.07. The number of hydrogen-bond donors (Lipinski definition) is 0. The van der Waals surface area contributed by atoms with Gasteiger partial charge < -0.3 is 4.74 Å². The number of aryl methyl sites for hydroxylation is 2. The van der Waals surface area contributed by atoms with Crippen LogP contribution in [0, 0.1) is 29.9 Å². The molecular weight excluding hydrogens is 352 g/mol. The molecule has 1 aliphatic carbocycles. The maximum atomic E-state index is 12.9. The first-order valence-corrected chi connectivity index (χ1v) is 10.4. The summed E-state index contributed by atoms with van der Waals surface area (Å²) < 4.78 is 23.2. The van der Waals surface area contributed by atoms with Crippen LogP contribution in [0.1, 0.15) is 24.0 Å². The molecule has 0 spiro atoms. The Bertz CT molecular complexity index is 973. The topological polar surface area (TPSA) is 81.8 Å². The Balaban J connectivity index is 1.87. The fourth-order valence-corrected chi connectivity index (χ4v) is 3.91. The number of ether oxygens (including phenoxy) is 1. The lowest BCUT2D eigenvalue weighted by Crippen LogP contribution is -2.00. The van der Waals surface area contributed by atoms with Gasteiger partial charge in [-0.1, -0.05) is 6.07 Å². The smallest absolute Gasteiger partial charge is 0.272 e. The minimum atomic E-state index is -2.46. The lowest BCUT2D eigenvalue weighted by molar-refractivity contribution is -0.385. The highest BCUT2D eigenvalue weighted by Crippen LogP contribution is 2.33. The van der Waals surface area contributed by atoms with Crippen molar-refractivity contribution in [3.63, 3.8) is 0 Å². The van der Waals surface area contributed by atoms with Gasteiger partial charge in [0, 0.05) is 17.9 Å². The Morgan fingerprint density at radius 3 is 2.62 bits per heavy atom. The summed E-state index contributed by atoms with van der Waals surface area (Å²) in [6.07, 6.45) is 3.98. The SMILES string of the molecule is Cc1cc([N+](=O)[O-])c(C)cc1Oc1cccc(S(C)(=O)=NCC2CC2)c1. The van der Waals surface area contributed by atoms with Gasteiger partial charge in [0.05, 0.1) is 26.1 Å². The molecule has 1 unspecified atom stereocenters. The van der Waals surface area contributed by atoms with Gasteiger partial charge in [0.15, 0.2) is 0 Å². The van der Waals surface area contributed by atoms with E-state index in [1.165, 1.54) is 18.9 Å². The van der Waals surface area contributed by atoms with Gasteiger partial charge in [0.1, 0.15) is 11.5 Å². The van der Waals surface area contributed by atoms with Crippen LogP contribution in [0.2, 0.25) is 0 Å². The van der Waals surface area contributed by atoms with Crippen molar-refractivity contribution in [1.82, 2.24) is 0 Å². The number of nitrogens with zero attached hydrogens (tertiary/aromatic N) is 2. The Hall–Kier alpha value is -2.41. The molecular formula is C19H22N2O4S. The monoisotopic (exact) mass is 374 g/mol. The van der Waals surface area contributed by atoms with E-state index in [-0.39, 0.29) is 5.69 Å². The maximum Gasteiger partial charge on any atom is 0.272 e. The molecule has 0 radical (unpaired) electrons. The summed E-state index contributed by atoms with van der Waals surface area (Å²) in [6.45, 7) is 4.08. The van der Waals surface area contributed by atoms with E-state index in [2.05, 4.69) is 4.36 Å². The van der Waals surface area contributed by atoms with Crippen LogP contribution in [0.15, 0.2) is 45.7 Å². The van der Waals surface area contributed by atoms with Crippen LogP contribution in [-0.4, -0.2) is 21.9 Å². The van der Waals surface area contributed by atoms with Gasteiger partial charge in [-0.25, -0.2) is 8.57 Å². The fraction of sp³-hybridized carbons (Fsp3) is 0.368. The Labute approximate surface area is 153 Å². The van der Waals surface area contributed by atoms with Crippen molar-refractivity contribution in [2.75, 3.05) is 12.8 Å². The van der Waals surface area contributed by atoms with E-state index in [9.17, 15) is 14.3 Å². The van der Waals surface area contributed by atoms with Crippen molar-refractivity contribution in [3.05, 3.63) is 57.6 Å². The van der Waals surface area contributed by atoms with Crippen LogP contribution >= 0.6 is 0 Å². The van der Waals surface area contributed by atoms with Gasteiger partial charge in [0.25, 0.3) is 5.69 Å². The zero-order valence-corrected chi connectivity index (χ0v) is 15.9. The molecule has 2 aromatic rings. The first-order chi connectivity index (χ1) is 12.3. The normalized spacial score (nSPS) is 16.0. The van der Waals surface area contributed by atoms with E-state index < -0.39 is 14.7 Å². The molecule has 1 fully saturated rings. The zero-order valence-electron chi connectivity index (χ0n) is 15.1. The molecule has 1 atom stereocenters. The Morgan fingerprint density at radius 1 is 1.23 bits per heavy atom. The summed E-state index contributed by atoms with van der Waals surface area (Å²) in [7, 11) is -2.46. The second-order valence-electron chi connectivity index (χ2n) is 6.80. The minimum absolute atomic E-state index is 0.0686. The van der Waals surface area contributed by atoms with Crippen LogP contribution in [0.25, 0.3) is 0 Å². The molecule has 0 bridgehead atoms. The van der Waals surface area contributed by atoms with Gasteiger partial charge >= 0.3 is 0 Å². The molecule has 0 N–H and O–H groups in total. The van der Waals surface area contributed by atoms with E-state index in [1.807, 2.05) is 0 Å². The van der Waals surface area contributed by atoms with Crippen LogP contribution in [0.5, 0.6) is 11.5 Å². The van der Waals surface area contributed by atoms with Crippen molar-refractivity contribution >= 4 is 15.4 Å². The standard InChI is InChI=1S/C19H22N2O4S/c1-13-10-19(14(2)9-18(13)21(22)23)25-16-5-4-6-17(11-16)26(3,24)20-12-15-7-8-15/h4-6,9-11,15H,7-8,12H2,1-3H3. The summed E-state index contributed by atoms with van der Waals surface area (Å²) in [5.74, 6) is 1.67. The van der Waals surface area contributed by atoms with Crippen molar-refractivity contribution in [2.45, 2.75) is 31.6 Å². The van der Waals surface area contributed by atoms with Crippen LogP contribution in [0.4, 0.5) is 5.69 Å². The highest BCUT2D eigenvalue weighted by atomic mass is 32.2. The maximum absolute atomic E-state index is 12.9. The summed E-state index contributed by atoms with van der Waals surface area (Å²) in [5.41, 5.74) is 1.27. The van der Waals surface area contributed by atoms with Crippen molar-refractivity contribution in [1.29, 1.82) is 0 Å². The highest BCUT2D eigenvalue weighted by molar-refractivity contribution is 7.93. The summed E-state index contributed by atoms with van der Waals surface area (Å²) in [5, 5.41) is 11.0. The molecule has 7 heteroatoms. The zero-order chi connectivity index (χ0) is 18.9. The summed E-state index contributed by atoms with van der Waals surface area (Å²) >= 11 is 0. The molecule has 26 heavy (non-hydrogen) atoms. The largest absolute Gasteiger partial charge is 0.457 e. The van der Waals surface area contributed by atoms with Crippen molar-refractivity contribution < 1.29 is 13.9 Å². The number of nitro benzene ring substituents is 1. The molecule has 3 rings (SSSR count). The third kappa shape index (κ3) is 4.22. The van der Waals surface area contributed by atoms with E-state index in [4.69, 9.17) is 4.74 Å². The van der Waals surface area contributed by atoms with Gasteiger partial charge in [0.2, 0.25) is 0 Å². The molecule has 1 saturated carbocycles. The Kier molecular flexibility index (Phi) is 5.00. The minimum Gasteiger partial charge on any atom is -0.457 e. The first kappa shape index (κ1) is 18.4. The third-order valence-electron chi connectivity index (χ3n) is 4.44. The van der Waals surface area contributed by atoms with Gasteiger partial charge in [-0.2, -0.15) is 0 Å². The van der Waals surface area contributed by atoms with E-state index in [0.717, 1.165) is 0 Å². The van der Waals surface area contributed by atoms with E-state index >= 15 is 0 Å². The molecule has 2 aromatic carbocycles. The first-order valence-electron chi connectivity index (χ1n) is 8.48. The van der Waals surface area contributed by atoms with Crippen molar-refractivity contribution in [3.8, 4) is 11.5 Å². The van der Waals surface area contributed by atoms with Crippen LogP contribution < -0.4 is 4.74 Å². The fourth-order valence-electron chi connectivity index (χ4n) is 2.60. The summed E-state index contributed by atoms with van der Waals surface area (Å²) in [4.78, 5) is 11.3. The molecule has 1 aliphatic rings. The number of hydrogen-bond acceptors (Lipinski definition) is 5. The van der Waals surface area contributed by atoms with Gasteiger partial charge in [-0.3, -0.25) is 10.1 Å². The molecule has 6 nitrogen and oxygen atoms in total. The van der Waals surface area contributed by atoms with Gasteiger partial charge in [-0.05, 0) is 62.4 Å². The predicted octanol–water partition coefficient (Wildman–Crippen LogP) is 4.87. The summed E-state index contributed by atoms with van der Waals surface area (Å²) in [6, 6.07) is 10.2. The average molecular weight is 374 g/mol. The Morgan fingerprint density at radius 2 is 1.96 bits per heavy atom. The lowest BCUT2D eigenvalue weighted by Gasteiger charge is -2.12. The highest BCUT2D eigenvalue weighted by Gasteiger charge is 2.21. The van der Waals surface area contributed by atoms with Gasteiger partial charge in [-0.15, -0.1) is 0 Å². The average Bonchev–Trinajstić information content (AvgIpc) is 3.40. The molecule has 0 aliphatic heterocycles. The number of nitro groups is 1. The molecule has 0 aromatic heterocycles. The van der Waals surface area contributed by atoms with Crippen molar-refractivity contribution in [2.24, 2.45) is 10.3 Å². The van der Waals surface area contributed by atoms with Crippen LogP contribution in [0.3, 0.4) is 0 Å². The number of rotatable bonds is 6. The quantitative estimate of drug-likeness (QED) is 0.533. The third-order valence-corrected chi connectivity index (χ3v) is 6.21. The molecule has 0 saturated heterocycles. The molecule has 0 amide bonds. The molecule has 138 valence electrons.